The van der Waals surface area contributed by atoms with Crippen molar-refractivity contribution in [3.63, 3.8) is 0 Å². The lowest BCUT2D eigenvalue weighted by Gasteiger charge is -2.11. The van der Waals surface area contributed by atoms with Gasteiger partial charge in [-0.3, -0.25) is 13.9 Å². The maximum absolute atomic E-state index is 12.4. The summed E-state index contributed by atoms with van der Waals surface area (Å²) in [6.45, 7) is 4.06. The molecule has 0 amide bonds. The summed E-state index contributed by atoms with van der Waals surface area (Å²) >= 11 is 0. The summed E-state index contributed by atoms with van der Waals surface area (Å²) in [6.07, 6.45) is 1.70. The zero-order valence-electron chi connectivity index (χ0n) is 11.9. The van der Waals surface area contributed by atoms with Gasteiger partial charge in [0.1, 0.15) is 0 Å². The molecule has 4 nitrogen and oxygen atoms in total. The molecule has 19 heavy (non-hydrogen) atoms. The van der Waals surface area contributed by atoms with E-state index in [0.29, 0.717) is 5.56 Å². The van der Waals surface area contributed by atoms with Crippen LogP contribution in [0.1, 0.15) is 37.0 Å². The fraction of sp³-hybridized carbons (Fsp3) is 0.467. The van der Waals surface area contributed by atoms with Crippen molar-refractivity contribution >= 4 is 16.8 Å². The summed E-state index contributed by atoms with van der Waals surface area (Å²) in [5.74, 6) is 0.237. The van der Waals surface area contributed by atoms with E-state index >= 15 is 0 Å². The average molecular weight is 260 g/mol. The molecule has 102 valence electrons. The fourth-order valence-electron chi connectivity index (χ4n) is 2.56. The van der Waals surface area contributed by atoms with Crippen molar-refractivity contribution in [2.45, 2.75) is 26.7 Å². The van der Waals surface area contributed by atoms with E-state index in [-0.39, 0.29) is 17.4 Å². The van der Waals surface area contributed by atoms with Crippen LogP contribution >= 0.6 is 0 Å². The van der Waals surface area contributed by atoms with Crippen LogP contribution in [0.15, 0.2) is 23.0 Å². The number of ketones is 1. The number of fused-ring (bicyclic) bond motifs is 1. The molecule has 0 aliphatic carbocycles. The second-order valence-electron chi connectivity index (χ2n) is 4.98. The summed E-state index contributed by atoms with van der Waals surface area (Å²) in [7, 11) is 3.48. The number of carbonyl (C=O) groups is 1. The van der Waals surface area contributed by atoms with E-state index in [1.165, 1.54) is 0 Å². The summed E-state index contributed by atoms with van der Waals surface area (Å²) in [4.78, 5) is 24.2. The van der Waals surface area contributed by atoms with Gasteiger partial charge in [-0.05, 0) is 31.0 Å². The van der Waals surface area contributed by atoms with Crippen LogP contribution in [0, 0.1) is 5.92 Å². The van der Waals surface area contributed by atoms with Crippen molar-refractivity contribution in [2.75, 3.05) is 0 Å². The normalized spacial score (nSPS) is 11.4. The van der Waals surface area contributed by atoms with Crippen LogP contribution in [-0.2, 0) is 14.1 Å². The van der Waals surface area contributed by atoms with E-state index in [2.05, 4.69) is 0 Å². The number of imidazole rings is 1. The van der Waals surface area contributed by atoms with Gasteiger partial charge in [-0.25, -0.2) is 4.79 Å². The standard InChI is InChI=1S/C15H20N2O2/c1-5-10(6-2)14(18)11-7-8-12-13(9-11)17(4)15(19)16(12)3/h7-10H,5-6H2,1-4H3. The molecule has 0 N–H and O–H groups in total. The van der Waals surface area contributed by atoms with Crippen molar-refractivity contribution in [3.8, 4) is 0 Å². The Bertz CT molecular complexity index is 675. The van der Waals surface area contributed by atoms with Crippen LogP contribution in [0.5, 0.6) is 0 Å². The molecule has 0 aliphatic heterocycles. The maximum Gasteiger partial charge on any atom is 0.328 e. The molecular weight excluding hydrogens is 240 g/mol. The third kappa shape index (κ3) is 2.11. The fourth-order valence-corrected chi connectivity index (χ4v) is 2.56. The van der Waals surface area contributed by atoms with E-state index in [1.807, 2.05) is 32.0 Å². The van der Waals surface area contributed by atoms with E-state index in [4.69, 9.17) is 0 Å². The zero-order valence-corrected chi connectivity index (χ0v) is 11.9. The van der Waals surface area contributed by atoms with Gasteiger partial charge in [0.2, 0.25) is 0 Å². The zero-order chi connectivity index (χ0) is 14.2. The quantitative estimate of drug-likeness (QED) is 0.793. The van der Waals surface area contributed by atoms with Crippen LogP contribution in [0.25, 0.3) is 11.0 Å². The lowest BCUT2D eigenvalue weighted by atomic mass is 9.93. The SMILES string of the molecule is CCC(CC)C(=O)c1ccc2c(c1)n(C)c(=O)n2C. The second kappa shape index (κ2) is 5.03. The molecule has 1 heterocycles. The third-order valence-electron chi connectivity index (χ3n) is 3.91. The van der Waals surface area contributed by atoms with Crippen molar-refractivity contribution < 1.29 is 4.79 Å². The summed E-state index contributed by atoms with van der Waals surface area (Å²) in [5, 5.41) is 0. The number of hydrogen-bond acceptors (Lipinski definition) is 2. The monoisotopic (exact) mass is 260 g/mol. The Labute approximate surface area is 112 Å². The van der Waals surface area contributed by atoms with Gasteiger partial charge in [0.25, 0.3) is 0 Å². The molecule has 0 fully saturated rings. The largest absolute Gasteiger partial charge is 0.328 e. The maximum atomic E-state index is 12.4. The molecule has 1 aromatic carbocycles. The molecule has 0 atom stereocenters. The Kier molecular flexibility index (Phi) is 3.60. The number of benzene rings is 1. The Balaban J connectivity index is 2.56. The molecule has 2 rings (SSSR count). The van der Waals surface area contributed by atoms with Crippen LogP contribution in [0.2, 0.25) is 0 Å². The highest BCUT2D eigenvalue weighted by atomic mass is 16.1. The first-order chi connectivity index (χ1) is 9.01. The summed E-state index contributed by atoms with van der Waals surface area (Å²) < 4.78 is 3.18. The van der Waals surface area contributed by atoms with Gasteiger partial charge < -0.3 is 0 Å². The molecule has 2 aromatic rings. The first kappa shape index (κ1) is 13.6. The van der Waals surface area contributed by atoms with Crippen LogP contribution < -0.4 is 5.69 Å². The summed E-state index contributed by atoms with van der Waals surface area (Å²) in [6, 6.07) is 5.51. The highest BCUT2D eigenvalue weighted by Gasteiger charge is 2.18. The predicted octanol–water partition coefficient (Wildman–Crippen LogP) is 2.50. The van der Waals surface area contributed by atoms with E-state index in [9.17, 15) is 9.59 Å². The molecule has 0 radical (unpaired) electrons. The lowest BCUT2D eigenvalue weighted by molar-refractivity contribution is 0.0913. The van der Waals surface area contributed by atoms with Crippen molar-refractivity contribution in [2.24, 2.45) is 20.0 Å². The minimum Gasteiger partial charge on any atom is -0.295 e. The number of Topliss-reactive ketones (excluding diaryl/α,β-unsaturated/α-hetero) is 1. The molecule has 0 bridgehead atoms. The van der Waals surface area contributed by atoms with Crippen molar-refractivity contribution in [1.82, 2.24) is 9.13 Å². The van der Waals surface area contributed by atoms with E-state index < -0.39 is 0 Å². The van der Waals surface area contributed by atoms with E-state index in [1.54, 1.807) is 23.2 Å². The molecule has 4 heteroatoms. The lowest BCUT2D eigenvalue weighted by Crippen LogP contribution is -2.19. The topological polar surface area (TPSA) is 44.0 Å². The van der Waals surface area contributed by atoms with Crippen LogP contribution in [0.4, 0.5) is 0 Å². The average Bonchev–Trinajstić information content (AvgIpc) is 2.65. The van der Waals surface area contributed by atoms with Crippen molar-refractivity contribution in [1.29, 1.82) is 0 Å². The van der Waals surface area contributed by atoms with Gasteiger partial charge in [0.05, 0.1) is 11.0 Å². The highest BCUT2D eigenvalue weighted by molar-refractivity contribution is 6.00. The van der Waals surface area contributed by atoms with E-state index in [0.717, 1.165) is 23.9 Å². The number of hydrogen-bond donors (Lipinski definition) is 0. The molecule has 0 spiro atoms. The molecular formula is C15H20N2O2. The van der Waals surface area contributed by atoms with Gasteiger partial charge in [0, 0.05) is 25.6 Å². The van der Waals surface area contributed by atoms with Crippen molar-refractivity contribution in [3.05, 3.63) is 34.2 Å². The Hall–Kier alpha value is -1.84. The molecule has 0 aliphatic rings. The number of aryl methyl sites for hydroxylation is 2. The van der Waals surface area contributed by atoms with Gasteiger partial charge >= 0.3 is 5.69 Å². The third-order valence-corrected chi connectivity index (χ3v) is 3.91. The summed E-state index contributed by atoms with van der Waals surface area (Å²) in [5.41, 5.74) is 2.29. The number of aromatic nitrogens is 2. The number of nitrogens with zero attached hydrogens (tertiary/aromatic N) is 2. The van der Waals surface area contributed by atoms with Gasteiger partial charge in [-0.2, -0.15) is 0 Å². The highest BCUT2D eigenvalue weighted by Crippen LogP contribution is 2.19. The van der Waals surface area contributed by atoms with Crippen LogP contribution in [0.3, 0.4) is 0 Å². The predicted molar refractivity (Wildman–Crippen MR) is 76.6 cm³/mol. The molecule has 1 aromatic heterocycles. The first-order valence-electron chi connectivity index (χ1n) is 6.70. The molecule has 0 saturated carbocycles. The second-order valence-corrected chi connectivity index (χ2v) is 4.98. The van der Waals surface area contributed by atoms with Crippen LogP contribution in [-0.4, -0.2) is 14.9 Å². The Morgan fingerprint density at radius 2 is 1.68 bits per heavy atom. The van der Waals surface area contributed by atoms with Gasteiger partial charge in [-0.1, -0.05) is 13.8 Å². The first-order valence-corrected chi connectivity index (χ1v) is 6.70. The Morgan fingerprint density at radius 1 is 1.11 bits per heavy atom. The Morgan fingerprint density at radius 3 is 2.26 bits per heavy atom. The molecule has 0 saturated heterocycles. The van der Waals surface area contributed by atoms with Gasteiger partial charge in [0.15, 0.2) is 5.78 Å². The number of rotatable bonds is 4. The molecule has 0 unspecified atom stereocenters. The number of carbonyl (C=O) groups excluding carboxylic acids is 1. The smallest absolute Gasteiger partial charge is 0.295 e. The minimum atomic E-state index is -0.0675. The minimum absolute atomic E-state index is 0.0675. The van der Waals surface area contributed by atoms with Gasteiger partial charge in [-0.15, -0.1) is 0 Å².